The molecule has 0 unspecified atom stereocenters. The van der Waals surface area contributed by atoms with Crippen molar-refractivity contribution < 1.29 is 17.9 Å². The second kappa shape index (κ2) is 8.49. The summed E-state index contributed by atoms with van der Waals surface area (Å²) in [4.78, 5) is 6.70. The molecule has 1 heterocycles. The van der Waals surface area contributed by atoms with Crippen LogP contribution in [0.15, 0.2) is 54.6 Å². The number of benzene rings is 2. The first-order chi connectivity index (χ1) is 14.5. The monoisotopic (exact) mass is 411 g/mol. The van der Waals surface area contributed by atoms with Gasteiger partial charge in [-0.05, 0) is 79.8 Å². The molecule has 3 aromatic rings. The predicted molar refractivity (Wildman–Crippen MR) is 112 cm³/mol. The van der Waals surface area contributed by atoms with E-state index in [2.05, 4.69) is 27.4 Å². The van der Waals surface area contributed by atoms with Crippen molar-refractivity contribution in [2.75, 3.05) is 5.32 Å². The summed E-state index contributed by atoms with van der Waals surface area (Å²) in [6.45, 7) is 0.972. The van der Waals surface area contributed by atoms with Crippen LogP contribution in [0, 0.1) is 0 Å². The number of fused-ring (bicyclic) bond motifs is 1. The molecule has 30 heavy (non-hydrogen) atoms. The Morgan fingerprint density at radius 1 is 1.07 bits per heavy atom. The molecule has 2 N–H and O–H groups in total. The number of nitrogens with zero attached hydrogens (tertiary/aromatic N) is 1. The number of halogens is 3. The van der Waals surface area contributed by atoms with Gasteiger partial charge in [0.1, 0.15) is 23.0 Å². The third-order valence-electron chi connectivity index (χ3n) is 4.89. The third kappa shape index (κ3) is 4.25. The number of aromatic nitrogens is 2. The quantitative estimate of drug-likeness (QED) is 0.459. The van der Waals surface area contributed by atoms with Gasteiger partial charge in [0.15, 0.2) is 5.83 Å². The van der Waals surface area contributed by atoms with E-state index in [4.69, 9.17) is 4.74 Å². The maximum absolute atomic E-state index is 14.0. The minimum absolute atomic E-state index is 0.0195. The summed E-state index contributed by atoms with van der Waals surface area (Å²) in [7, 11) is 0. The fraction of sp³-hybridized carbons (Fsp3) is 0.174. The minimum Gasteiger partial charge on any atom is -0.457 e. The minimum atomic E-state index is -1.15. The lowest BCUT2D eigenvalue weighted by atomic mass is 10.1. The highest BCUT2D eigenvalue weighted by Crippen LogP contribution is 2.30. The van der Waals surface area contributed by atoms with Crippen molar-refractivity contribution in [3.63, 3.8) is 0 Å². The lowest BCUT2D eigenvalue weighted by Gasteiger charge is -2.09. The molecule has 1 aliphatic carbocycles. The highest BCUT2D eigenvalue weighted by molar-refractivity contribution is 5.69. The molecule has 0 atom stereocenters. The summed E-state index contributed by atoms with van der Waals surface area (Å²) < 4.78 is 45.7. The Balaban J connectivity index is 1.48. The van der Waals surface area contributed by atoms with Crippen molar-refractivity contribution in [1.82, 2.24) is 9.97 Å². The number of aryl methyl sites for hydroxylation is 2. The second-order valence-corrected chi connectivity index (χ2v) is 7.02. The van der Waals surface area contributed by atoms with E-state index in [0.717, 1.165) is 31.6 Å². The number of hydrogen-bond acceptors (Lipinski definition) is 3. The summed E-state index contributed by atoms with van der Waals surface area (Å²) in [5.41, 5.74) is 3.08. The molecule has 1 aromatic heterocycles. The molecule has 0 radical (unpaired) electrons. The van der Waals surface area contributed by atoms with Crippen LogP contribution in [0.2, 0.25) is 0 Å². The smallest absolute Gasteiger partial charge is 0.205 e. The number of nitrogens with one attached hydrogen (secondary N) is 2. The van der Waals surface area contributed by atoms with Crippen LogP contribution >= 0.6 is 0 Å². The second-order valence-electron chi connectivity index (χ2n) is 7.02. The SMILES string of the molecule is C/C(F)=C(/F)c1nc(Nc2ccc(Oc3ccc4c(c3)CCC4)cc2)[nH]c1/C=C/F. The molecule has 0 bridgehead atoms. The molecule has 4 rings (SSSR count). The fourth-order valence-electron chi connectivity index (χ4n) is 3.45. The Bertz CT molecular complexity index is 1110. The topological polar surface area (TPSA) is 49.9 Å². The van der Waals surface area contributed by atoms with E-state index in [1.54, 1.807) is 24.3 Å². The number of hydrogen-bond donors (Lipinski definition) is 2. The lowest BCUT2D eigenvalue weighted by molar-refractivity contribution is 0.482. The highest BCUT2D eigenvalue weighted by Gasteiger charge is 2.16. The van der Waals surface area contributed by atoms with Crippen LogP contribution in [-0.4, -0.2) is 9.97 Å². The van der Waals surface area contributed by atoms with Gasteiger partial charge in [-0.15, -0.1) is 0 Å². The third-order valence-corrected chi connectivity index (χ3v) is 4.89. The number of H-pyrrole nitrogens is 1. The van der Waals surface area contributed by atoms with Crippen molar-refractivity contribution in [2.24, 2.45) is 0 Å². The van der Waals surface area contributed by atoms with Crippen LogP contribution in [0.5, 0.6) is 11.5 Å². The molecule has 0 saturated heterocycles. The predicted octanol–water partition coefficient (Wildman–Crippen LogP) is 7.00. The Morgan fingerprint density at radius 3 is 2.53 bits per heavy atom. The van der Waals surface area contributed by atoms with Gasteiger partial charge < -0.3 is 15.0 Å². The Kier molecular flexibility index (Phi) is 5.61. The summed E-state index contributed by atoms with van der Waals surface area (Å²) >= 11 is 0. The first kappa shape index (κ1) is 19.8. The lowest BCUT2D eigenvalue weighted by Crippen LogP contribution is -1.93. The molecule has 0 saturated carbocycles. The zero-order valence-corrected chi connectivity index (χ0v) is 16.3. The molecule has 0 aliphatic heterocycles. The molecule has 1 aliphatic rings. The van der Waals surface area contributed by atoms with E-state index >= 15 is 0 Å². The molecule has 0 fully saturated rings. The molecule has 4 nitrogen and oxygen atoms in total. The standard InChI is InChI=1S/C23H20F3N3O/c1-14(25)21(26)22-20(11-12-24)28-23(29-22)27-17-6-9-18(10-7-17)30-19-8-5-15-3-2-4-16(15)13-19/h5-13H,2-4H2,1H3,(H2,27,28,29)/b12-11+,21-14-. The van der Waals surface area contributed by atoms with E-state index in [1.165, 1.54) is 17.5 Å². The average Bonchev–Trinajstić information content (AvgIpc) is 3.35. The van der Waals surface area contributed by atoms with Crippen LogP contribution in [-0.2, 0) is 12.8 Å². The fourth-order valence-corrected chi connectivity index (χ4v) is 3.45. The van der Waals surface area contributed by atoms with Crippen LogP contribution in [0.4, 0.5) is 24.8 Å². The molecule has 7 heteroatoms. The molecule has 0 amide bonds. The van der Waals surface area contributed by atoms with Gasteiger partial charge >= 0.3 is 0 Å². The van der Waals surface area contributed by atoms with Gasteiger partial charge in [-0.1, -0.05) is 6.07 Å². The number of imidazole rings is 1. The van der Waals surface area contributed by atoms with Gasteiger partial charge in [0.05, 0.1) is 12.0 Å². The van der Waals surface area contributed by atoms with Crippen LogP contribution in [0.1, 0.15) is 35.9 Å². The number of allylic oxidation sites excluding steroid dienone is 1. The summed E-state index contributed by atoms with van der Waals surface area (Å²) in [5, 5.41) is 2.95. The van der Waals surface area contributed by atoms with Crippen LogP contribution in [0.25, 0.3) is 11.9 Å². The largest absolute Gasteiger partial charge is 0.457 e. The van der Waals surface area contributed by atoms with Crippen LogP contribution in [0.3, 0.4) is 0 Å². The highest BCUT2D eigenvalue weighted by atomic mass is 19.2. The zero-order chi connectivity index (χ0) is 21.1. The van der Waals surface area contributed by atoms with Gasteiger partial charge in [-0.2, -0.15) is 0 Å². The first-order valence-corrected chi connectivity index (χ1v) is 9.59. The van der Waals surface area contributed by atoms with E-state index in [0.29, 0.717) is 11.4 Å². The van der Waals surface area contributed by atoms with Crippen molar-refractivity contribution >= 4 is 23.5 Å². The maximum Gasteiger partial charge on any atom is 0.205 e. The van der Waals surface area contributed by atoms with Gasteiger partial charge in [0.25, 0.3) is 0 Å². The number of aromatic amines is 1. The molecule has 154 valence electrons. The van der Waals surface area contributed by atoms with E-state index in [-0.39, 0.29) is 23.7 Å². The van der Waals surface area contributed by atoms with Crippen molar-refractivity contribution in [3.8, 4) is 11.5 Å². The normalized spacial score (nSPS) is 14.0. The number of rotatable bonds is 6. The Labute approximate surface area is 172 Å². The van der Waals surface area contributed by atoms with Gasteiger partial charge in [0.2, 0.25) is 5.95 Å². The van der Waals surface area contributed by atoms with E-state index in [1.807, 2.05) is 6.07 Å². The Hall–Kier alpha value is -3.48. The zero-order valence-electron chi connectivity index (χ0n) is 16.3. The van der Waals surface area contributed by atoms with Crippen LogP contribution < -0.4 is 10.1 Å². The molecular formula is C23H20F3N3O. The van der Waals surface area contributed by atoms with Crippen molar-refractivity contribution in [2.45, 2.75) is 26.2 Å². The number of anilines is 2. The van der Waals surface area contributed by atoms with Gasteiger partial charge in [-0.25, -0.2) is 18.2 Å². The average molecular weight is 411 g/mol. The summed E-state index contributed by atoms with van der Waals surface area (Å²) in [6.07, 6.45) is 4.59. The molecule has 0 spiro atoms. The van der Waals surface area contributed by atoms with Crippen molar-refractivity contribution in [3.05, 3.63) is 77.1 Å². The molecular weight excluding hydrogens is 391 g/mol. The van der Waals surface area contributed by atoms with Gasteiger partial charge in [-0.3, -0.25) is 0 Å². The van der Waals surface area contributed by atoms with E-state index < -0.39 is 11.7 Å². The van der Waals surface area contributed by atoms with Gasteiger partial charge in [0, 0.05) is 5.69 Å². The summed E-state index contributed by atoms with van der Waals surface area (Å²) in [6, 6.07) is 13.3. The van der Waals surface area contributed by atoms with E-state index in [9.17, 15) is 13.2 Å². The maximum atomic E-state index is 14.0. The number of ether oxygens (including phenoxy) is 1. The molecule has 2 aromatic carbocycles. The Morgan fingerprint density at radius 2 is 1.80 bits per heavy atom. The summed E-state index contributed by atoms with van der Waals surface area (Å²) in [5.74, 6) is -0.567. The van der Waals surface area contributed by atoms with Crippen molar-refractivity contribution in [1.29, 1.82) is 0 Å². The first-order valence-electron chi connectivity index (χ1n) is 9.59.